The highest BCUT2D eigenvalue weighted by Gasteiger charge is 2.14. The molecule has 2 aromatic rings. The number of hydrogen-bond donors (Lipinski definition) is 2. The third-order valence-corrected chi connectivity index (χ3v) is 3.18. The third kappa shape index (κ3) is 2.79. The van der Waals surface area contributed by atoms with Crippen LogP contribution in [0.15, 0.2) is 36.4 Å². The maximum absolute atomic E-state index is 12.9. The monoisotopic (exact) mass is 273 g/mol. The first-order chi connectivity index (χ1) is 9.52. The number of nitrogens with one attached hydrogen (secondary N) is 1. The molecule has 0 saturated heterocycles. The lowest BCUT2D eigenvalue weighted by atomic mass is 10.1. The number of benzene rings is 2. The molecule has 0 aliphatic rings. The van der Waals surface area contributed by atoms with Crippen LogP contribution in [0.3, 0.4) is 0 Å². The lowest BCUT2D eigenvalue weighted by molar-refractivity contribution is 0.102. The number of phenols is 1. The van der Waals surface area contributed by atoms with Crippen LogP contribution in [0.5, 0.6) is 5.75 Å². The number of rotatable bonds is 3. The Bertz CT molecular complexity index is 653. The summed E-state index contributed by atoms with van der Waals surface area (Å²) in [5.74, 6) is -1.40. The molecule has 2 aromatic carbocycles. The molecule has 3 nitrogen and oxygen atoms in total. The minimum absolute atomic E-state index is 0.0525. The van der Waals surface area contributed by atoms with Gasteiger partial charge >= 0.3 is 0 Å². The van der Waals surface area contributed by atoms with Crippen molar-refractivity contribution in [2.75, 3.05) is 5.32 Å². The summed E-state index contributed by atoms with van der Waals surface area (Å²) in [4.78, 5) is 12.2. The lowest BCUT2D eigenvalue weighted by Gasteiger charge is -2.13. The van der Waals surface area contributed by atoms with Crippen molar-refractivity contribution in [3.63, 3.8) is 0 Å². The second-order valence-corrected chi connectivity index (χ2v) is 4.58. The second-order valence-electron chi connectivity index (χ2n) is 4.58. The molecule has 20 heavy (non-hydrogen) atoms. The molecule has 1 amide bonds. The minimum Gasteiger partial charge on any atom is -0.507 e. The van der Waals surface area contributed by atoms with Gasteiger partial charge in [-0.15, -0.1) is 0 Å². The molecule has 0 aliphatic carbocycles. The maximum Gasteiger partial charge on any atom is 0.259 e. The van der Waals surface area contributed by atoms with Gasteiger partial charge in [0, 0.05) is 11.8 Å². The van der Waals surface area contributed by atoms with Crippen LogP contribution in [-0.4, -0.2) is 11.0 Å². The average Bonchev–Trinajstić information content (AvgIpc) is 2.40. The van der Waals surface area contributed by atoms with E-state index in [2.05, 4.69) is 5.32 Å². The lowest BCUT2D eigenvalue weighted by Crippen LogP contribution is -2.14. The smallest absolute Gasteiger partial charge is 0.259 e. The van der Waals surface area contributed by atoms with E-state index in [9.17, 15) is 14.3 Å². The van der Waals surface area contributed by atoms with Crippen molar-refractivity contribution >= 4 is 11.6 Å². The number of carbonyl (C=O) groups is 1. The predicted octanol–water partition coefficient (Wildman–Crippen LogP) is 3.65. The number of amides is 1. The zero-order valence-electron chi connectivity index (χ0n) is 11.4. The van der Waals surface area contributed by atoms with E-state index in [0.717, 1.165) is 35.4 Å². The molecule has 0 spiro atoms. The molecule has 4 heteroatoms. The Morgan fingerprint density at radius 3 is 2.70 bits per heavy atom. The van der Waals surface area contributed by atoms with E-state index in [1.54, 1.807) is 0 Å². The summed E-state index contributed by atoms with van der Waals surface area (Å²) in [5, 5.41) is 12.4. The summed E-state index contributed by atoms with van der Waals surface area (Å²) in [7, 11) is 0. The fourth-order valence-corrected chi connectivity index (χ4v) is 2.08. The maximum atomic E-state index is 12.9. The van der Waals surface area contributed by atoms with Gasteiger partial charge in [0.15, 0.2) is 0 Å². The van der Waals surface area contributed by atoms with Gasteiger partial charge in [-0.3, -0.25) is 4.79 Å². The van der Waals surface area contributed by atoms with Gasteiger partial charge in [0.05, 0.1) is 5.56 Å². The summed E-state index contributed by atoms with van der Waals surface area (Å²) in [6.45, 7) is 3.90. The van der Waals surface area contributed by atoms with Gasteiger partial charge in [0.1, 0.15) is 11.6 Å². The Labute approximate surface area is 117 Å². The quantitative estimate of drug-likeness (QED) is 0.896. The Hall–Kier alpha value is -2.36. The average molecular weight is 273 g/mol. The molecular formula is C16H16FNO2. The number of para-hydroxylation sites is 1. The molecule has 2 N–H and O–H groups in total. The van der Waals surface area contributed by atoms with Gasteiger partial charge in [-0.05, 0) is 36.6 Å². The Morgan fingerprint density at radius 2 is 2.05 bits per heavy atom. The number of aryl methyl sites for hydroxylation is 2. The van der Waals surface area contributed by atoms with Gasteiger partial charge in [0.25, 0.3) is 5.91 Å². The van der Waals surface area contributed by atoms with Crippen LogP contribution in [0, 0.1) is 12.7 Å². The van der Waals surface area contributed by atoms with Gasteiger partial charge in [-0.2, -0.15) is 0 Å². The summed E-state index contributed by atoms with van der Waals surface area (Å²) in [6.07, 6.45) is 0.784. The molecule has 0 unspecified atom stereocenters. The molecular weight excluding hydrogens is 257 g/mol. The SMILES string of the molecule is CCc1cccc(C)c1NC(=O)c1ccc(F)cc1O. The zero-order chi connectivity index (χ0) is 14.7. The number of anilines is 1. The fraction of sp³-hybridized carbons (Fsp3) is 0.188. The van der Waals surface area contributed by atoms with Crippen molar-refractivity contribution in [3.05, 3.63) is 58.9 Å². The van der Waals surface area contributed by atoms with Crippen LogP contribution in [0.4, 0.5) is 10.1 Å². The van der Waals surface area contributed by atoms with Gasteiger partial charge < -0.3 is 10.4 Å². The molecule has 0 heterocycles. The number of halogens is 1. The molecule has 0 saturated carbocycles. The first-order valence-corrected chi connectivity index (χ1v) is 6.41. The minimum atomic E-state index is -0.579. The second kappa shape index (κ2) is 5.74. The van der Waals surface area contributed by atoms with Crippen LogP contribution < -0.4 is 5.32 Å². The van der Waals surface area contributed by atoms with E-state index >= 15 is 0 Å². The Balaban J connectivity index is 2.33. The number of hydrogen-bond acceptors (Lipinski definition) is 2. The summed E-state index contributed by atoms with van der Waals surface area (Å²) in [5.41, 5.74) is 2.75. The third-order valence-electron chi connectivity index (χ3n) is 3.18. The molecule has 0 bridgehead atoms. The first kappa shape index (κ1) is 14.1. The van der Waals surface area contributed by atoms with E-state index in [1.807, 2.05) is 32.0 Å². The standard InChI is InChI=1S/C16H16FNO2/c1-3-11-6-4-5-10(2)15(11)18-16(20)13-8-7-12(17)9-14(13)19/h4-9,19H,3H2,1-2H3,(H,18,20). The highest BCUT2D eigenvalue weighted by molar-refractivity contribution is 6.06. The zero-order valence-corrected chi connectivity index (χ0v) is 11.4. The van der Waals surface area contributed by atoms with Crippen LogP contribution >= 0.6 is 0 Å². The van der Waals surface area contributed by atoms with Crippen LogP contribution in [-0.2, 0) is 6.42 Å². The summed E-state index contributed by atoms with van der Waals surface area (Å²) >= 11 is 0. The molecule has 0 aromatic heterocycles. The summed E-state index contributed by atoms with van der Waals surface area (Å²) < 4.78 is 12.9. The van der Waals surface area contributed by atoms with Gasteiger partial charge in [-0.25, -0.2) is 4.39 Å². The topological polar surface area (TPSA) is 49.3 Å². The van der Waals surface area contributed by atoms with Crippen LogP contribution in [0.25, 0.3) is 0 Å². The van der Waals surface area contributed by atoms with Gasteiger partial charge in [-0.1, -0.05) is 25.1 Å². The highest BCUT2D eigenvalue weighted by Crippen LogP contribution is 2.24. The van der Waals surface area contributed by atoms with Crippen molar-refractivity contribution in [1.29, 1.82) is 0 Å². The van der Waals surface area contributed by atoms with Crippen molar-refractivity contribution in [1.82, 2.24) is 0 Å². The van der Waals surface area contributed by atoms with E-state index in [4.69, 9.17) is 0 Å². The molecule has 0 atom stereocenters. The van der Waals surface area contributed by atoms with Crippen LogP contribution in [0.1, 0.15) is 28.4 Å². The molecule has 0 aliphatic heterocycles. The van der Waals surface area contributed by atoms with Crippen molar-refractivity contribution in [3.8, 4) is 5.75 Å². The molecule has 104 valence electrons. The van der Waals surface area contributed by atoms with Crippen molar-refractivity contribution in [2.24, 2.45) is 0 Å². The number of carbonyl (C=O) groups excluding carboxylic acids is 1. The Kier molecular flexibility index (Phi) is 4.03. The van der Waals surface area contributed by atoms with E-state index < -0.39 is 11.7 Å². The molecule has 0 fully saturated rings. The largest absolute Gasteiger partial charge is 0.507 e. The Morgan fingerprint density at radius 1 is 1.30 bits per heavy atom. The van der Waals surface area contributed by atoms with Crippen LogP contribution in [0.2, 0.25) is 0 Å². The van der Waals surface area contributed by atoms with E-state index in [-0.39, 0.29) is 11.3 Å². The molecule has 0 radical (unpaired) electrons. The first-order valence-electron chi connectivity index (χ1n) is 6.41. The van der Waals surface area contributed by atoms with E-state index in [0.29, 0.717) is 0 Å². The summed E-state index contributed by atoms with van der Waals surface area (Å²) in [6, 6.07) is 9.11. The van der Waals surface area contributed by atoms with Crippen molar-refractivity contribution < 1.29 is 14.3 Å². The van der Waals surface area contributed by atoms with E-state index in [1.165, 1.54) is 6.07 Å². The fourth-order valence-electron chi connectivity index (χ4n) is 2.08. The van der Waals surface area contributed by atoms with Crippen molar-refractivity contribution in [2.45, 2.75) is 20.3 Å². The molecule has 2 rings (SSSR count). The number of phenolic OH excluding ortho intramolecular Hbond substituents is 1. The highest BCUT2D eigenvalue weighted by atomic mass is 19.1. The van der Waals surface area contributed by atoms with Gasteiger partial charge in [0.2, 0.25) is 0 Å². The normalized spacial score (nSPS) is 10.3. The number of aromatic hydroxyl groups is 1. The predicted molar refractivity (Wildman–Crippen MR) is 76.6 cm³/mol.